The Morgan fingerprint density at radius 2 is 1.45 bits per heavy atom. The van der Waals surface area contributed by atoms with Crippen molar-refractivity contribution in [3.63, 3.8) is 0 Å². The number of hydrogen-bond acceptors (Lipinski definition) is 5. The van der Waals surface area contributed by atoms with Crippen LogP contribution in [0, 0.1) is 6.92 Å². The van der Waals surface area contributed by atoms with Crippen LogP contribution in [-0.4, -0.2) is 52.5 Å². The number of rotatable bonds is 6. The van der Waals surface area contributed by atoms with Gasteiger partial charge in [-0.25, -0.2) is 4.79 Å². The molecule has 7 nitrogen and oxygen atoms in total. The highest BCUT2D eigenvalue weighted by Crippen LogP contribution is 2.35. The van der Waals surface area contributed by atoms with Crippen LogP contribution in [0.3, 0.4) is 0 Å². The van der Waals surface area contributed by atoms with Crippen LogP contribution in [0.1, 0.15) is 35.2 Å². The van der Waals surface area contributed by atoms with Crippen LogP contribution < -0.4 is 24.3 Å². The molecule has 1 N–H and O–H groups in total. The van der Waals surface area contributed by atoms with Gasteiger partial charge in [-0.05, 0) is 61.6 Å². The Morgan fingerprint density at radius 3 is 1.94 bits per heavy atom. The molecule has 0 fully saturated rings. The van der Waals surface area contributed by atoms with E-state index in [0.717, 1.165) is 35.5 Å². The van der Waals surface area contributed by atoms with E-state index in [2.05, 4.69) is 5.32 Å². The minimum atomic E-state index is -0.168. The predicted octanol–water partition coefficient (Wildman–Crippen LogP) is 3.90. The maximum atomic E-state index is 13.0. The van der Waals surface area contributed by atoms with Crippen LogP contribution >= 0.6 is 0 Å². The summed E-state index contributed by atoms with van der Waals surface area (Å²) in [6, 6.07) is 7.63. The van der Waals surface area contributed by atoms with Gasteiger partial charge >= 0.3 is 6.03 Å². The number of fused-ring (bicyclic) bond motifs is 1. The summed E-state index contributed by atoms with van der Waals surface area (Å²) in [7, 11) is 6.51. The van der Waals surface area contributed by atoms with Crippen LogP contribution in [0.25, 0.3) is 0 Å². The first-order valence-corrected chi connectivity index (χ1v) is 10.4. The van der Waals surface area contributed by atoms with Crippen molar-refractivity contribution in [1.29, 1.82) is 0 Å². The van der Waals surface area contributed by atoms with Crippen molar-refractivity contribution in [1.82, 2.24) is 10.2 Å². The van der Waals surface area contributed by atoms with Gasteiger partial charge in [0.2, 0.25) is 0 Å². The molecule has 1 atom stereocenters. The van der Waals surface area contributed by atoms with Gasteiger partial charge in [-0.1, -0.05) is 6.07 Å². The molecule has 1 aliphatic rings. The first kappa shape index (κ1) is 22.6. The van der Waals surface area contributed by atoms with Gasteiger partial charge in [0, 0.05) is 18.7 Å². The van der Waals surface area contributed by atoms with Crippen LogP contribution in [0.2, 0.25) is 0 Å². The fourth-order valence-corrected chi connectivity index (χ4v) is 4.17. The summed E-state index contributed by atoms with van der Waals surface area (Å²) in [6.07, 6.45) is 1.54. The smallest absolute Gasteiger partial charge is 0.317 e. The van der Waals surface area contributed by atoms with Gasteiger partial charge < -0.3 is 29.2 Å². The maximum Gasteiger partial charge on any atom is 0.317 e. The Kier molecular flexibility index (Phi) is 7.15. The van der Waals surface area contributed by atoms with Crippen molar-refractivity contribution in [2.24, 2.45) is 0 Å². The molecule has 1 aliphatic heterocycles. The molecule has 0 aliphatic carbocycles. The summed E-state index contributed by atoms with van der Waals surface area (Å²) in [6.45, 7) is 5.25. The highest BCUT2D eigenvalue weighted by atomic mass is 16.5. The molecular formula is C24H32N2O5. The summed E-state index contributed by atoms with van der Waals surface area (Å²) in [5.41, 5.74) is 4.34. The third-order valence-corrected chi connectivity index (χ3v) is 5.94. The van der Waals surface area contributed by atoms with Crippen molar-refractivity contribution >= 4 is 6.03 Å². The fourth-order valence-electron chi connectivity index (χ4n) is 4.17. The Morgan fingerprint density at radius 1 is 0.903 bits per heavy atom. The molecule has 3 rings (SSSR count). The van der Waals surface area contributed by atoms with Crippen molar-refractivity contribution in [3.8, 4) is 23.0 Å². The lowest BCUT2D eigenvalue weighted by molar-refractivity contribution is 0.197. The van der Waals surface area contributed by atoms with Crippen LogP contribution in [0.5, 0.6) is 23.0 Å². The number of carbonyl (C=O) groups excluding carboxylic acids is 1. The quantitative estimate of drug-likeness (QED) is 0.756. The average molecular weight is 429 g/mol. The molecule has 7 heteroatoms. The molecule has 0 spiro atoms. The summed E-state index contributed by atoms with van der Waals surface area (Å²) in [4.78, 5) is 14.9. The zero-order valence-corrected chi connectivity index (χ0v) is 19.2. The minimum Gasteiger partial charge on any atom is -0.493 e. The second kappa shape index (κ2) is 9.81. The molecule has 1 heterocycles. The maximum absolute atomic E-state index is 13.0. The summed E-state index contributed by atoms with van der Waals surface area (Å²) < 4.78 is 21.7. The first-order valence-electron chi connectivity index (χ1n) is 10.4. The second-order valence-electron chi connectivity index (χ2n) is 7.65. The highest BCUT2D eigenvalue weighted by Gasteiger charge is 2.23. The molecule has 0 bridgehead atoms. The number of benzene rings is 2. The van der Waals surface area contributed by atoms with Gasteiger partial charge in [-0.3, -0.25) is 0 Å². The van der Waals surface area contributed by atoms with E-state index in [1.165, 1.54) is 11.1 Å². The van der Waals surface area contributed by atoms with Crippen LogP contribution in [-0.2, 0) is 12.8 Å². The molecule has 31 heavy (non-hydrogen) atoms. The number of amides is 2. The number of methoxy groups -OCH3 is 4. The number of hydrogen-bond donors (Lipinski definition) is 1. The average Bonchev–Trinajstić information content (AvgIpc) is 2.99. The number of nitrogens with one attached hydrogen (secondary N) is 1. The summed E-state index contributed by atoms with van der Waals surface area (Å²) >= 11 is 0. The first-order chi connectivity index (χ1) is 14.9. The fraction of sp³-hybridized carbons (Fsp3) is 0.458. The molecule has 0 aromatic heterocycles. The monoisotopic (exact) mass is 428 g/mol. The SMILES string of the molecule is COc1cc2c(cc1OC)CCN(C(=O)NC(C)c1ccc(OC)c(OC)c1C)CC2. The lowest BCUT2D eigenvalue weighted by Crippen LogP contribution is -2.42. The Hall–Kier alpha value is -3.09. The zero-order chi connectivity index (χ0) is 22.5. The molecule has 168 valence electrons. The zero-order valence-electron chi connectivity index (χ0n) is 19.2. The van der Waals surface area contributed by atoms with Crippen molar-refractivity contribution in [3.05, 3.63) is 46.5 Å². The van der Waals surface area contributed by atoms with E-state index < -0.39 is 0 Å². The van der Waals surface area contributed by atoms with Gasteiger partial charge in [0.15, 0.2) is 23.0 Å². The third kappa shape index (κ3) is 4.65. The van der Waals surface area contributed by atoms with Crippen molar-refractivity contribution < 1.29 is 23.7 Å². The largest absolute Gasteiger partial charge is 0.493 e. The molecule has 0 saturated heterocycles. The van der Waals surface area contributed by atoms with Gasteiger partial charge in [0.05, 0.1) is 34.5 Å². The lowest BCUT2D eigenvalue weighted by atomic mass is 10.0. The standard InChI is InChI=1S/C24H32N2O5/c1-15-19(7-8-20(28-3)23(15)31-6)16(2)25-24(27)26-11-9-17-13-21(29-4)22(30-5)14-18(17)10-12-26/h7-8,13-14,16H,9-12H2,1-6H3,(H,25,27). The predicted molar refractivity (Wildman–Crippen MR) is 120 cm³/mol. The Labute approximate surface area is 184 Å². The van der Waals surface area contributed by atoms with E-state index in [4.69, 9.17) is 18.9 Å². The normalized spacial score (nSPS) is 14.2. The van der Waals surface area contributed by atoms with E-state index in [0.29, 0.717) is 24.6 Å². The van der Waals surface area contributed by atoms with Crippen LogP contribution in [0.15, 0.2) is 24.3 Å². The molecule has 2 amide bonds. The summed E-state index contributed by atoms with van der Waals surface area (Å²) in [5.74, 6) is 2.81. The Balaban J connectivity index is 1.71. The van der Waals surface area contributed by atoms with Crippen molar-refractivity contribution in [2.45, 2.75) is 32.7 Å². The Bertz CT molecular complexity index is 909. The number of urea groups is 1. The molecule has 0 saturated carbocycles. The van der Waals surface area contributed by atoms with Crippen molar-refractivity contribution in [2.75, 3.05) is 41.5 Å². The number of nitrogens with zero attached hydrogens (tertiary/aromatic N) is 1. The number of ether oxygens (including phenoxy) is 4. The third-order valence-electron chi connectivity index (χ3n) is 5.94. The molecule has 0 radical (unpaired) electrons. The van der Waals surface area contributed by atoms with Crippen LogP contribution in [0.4, 0.5) is 4.79 Å². The van der Waals surface area contributed by atoms with Gasteiger partial charge in [-0.2, -0.15) is 0 Å². The topological polar surface area (TPSA) is 69.3 Å². The molecular weight excluding hydrogens is 396 g/mol. The second-order valence-corrected chi connectivity index (χ2v) is 7.65. The summed E-state index contributed by atoms with van der Waals surface area (Å²) in [5, 5.41) is 3.14. The molecule has 1 unspecified atom stereocenters. The van der Waals surface area contributed by atoms with E-state index >= 15 is 0 Å². The lowest BCUT2D eigenvalue weighted by Gasteiger charge is -2.25. The molecule has 2 aromatic rings. The van der Waals surface area contributed by atoms with E-state index in [9.17, 15) is 4.79 Å². The van der Waals surface area contributed by atoms with Gasteiger partial charge in [0.25, 0.3) is 0 Å². The van der Waals surface area contributed by atoms with E-state index in [1.54, 1.807) is 28.4 Å². The van der Waals surface area contributed by atoms with E-state index in [-0.39, 0.29) is 12.1 Å². The molecule has 2 aromatic carbocycles. The van der Waals surface area contributed by atoms with Gasteiger partial charge in [0.1, 0.15) is 0 Å². The minimum absolute atomic E-state index is 0.0755. The number of carbonyl (C=O) groups is 1. The highest BCUT2D eigenvalue weighted by molar-refractivity contribution is 5.75. The van der Waals surface area contributed by atoms with E-state index in [1.807, 2.05) is 43.0 Å². The van der Waals surface area contributed by atoms with Gasteiger partial charge in [-0.15, -0.1) is 0 Å².